The molecule has 0 aliphatic heterocycles. The number of benzene rings is 2. The molecule has 0 spiro atoms. The number of rotatable bonds is 6. The zero-order chi connectivity index (χ0) is 18.4. The number of hydrogen-bond acceptors (Lipinski definition) is 4. The molecule has 2 aromatic carbocycles. The summed E-state index contributed by atoms with van der Waals surface area (Å²) in [7, 11) is 0. The number of nitrogens with one attached hydrogen (secondary N) is 1. The molecule has 134 valence electrons. The van der Waals surface area contributed by atoms with Gasteiger partial charge in [0, 0.05) is 18.5 Å². The molecule has 0 heterocycles. The molecule has 0 saturated heterocycles. The Morgan fingerprint density at radius 2 is 1.73 bits per heavy atom. The quantitative estimate of drug-likeness (QED) is 0.740. The molecule has 0 saturated carbocycles. The molecule has 4 nitrogen and oxygen atoms in total. The Morgan fingerprint density at radius 3 is 2.38 bits per heavy atom. The lowest BCUT2D eigenvalue weighted by molar-refractivity contribution is -0.117. The topological polar surface area (TPSA) is 58.6 Å². The third-order valence-electron chi connectivity index (χ3n) is 4.25. The first-order valence-electron chi connectivity index (χ1n) is 8.57. The van der Waals surface area contributed by atoms with E-state index in [9.17, 15) is 9.90 Å². The largest absolute Gasteiger partial charge is 0.511 e. The number of allylic oxidation sites excluding steroid dienone is 1. The number of thiocarbonyl (C=S) groups is 1. The molecule has 2 N–H and O–H groups in total. The Bertz CT molecular complexity index is 803. The van der Waals surface area contributed by atoms with Gasteiger partial charge in [0.25, 0.3) is 0 Å². The summed E-state index contributed by atoms with van der Waals surface area (Å²) in [6.45, 7) is 0.924. The Kier molecular flexibility index (Phi) is 6.15. The summed E-state index contributed by atoms with van der Waals surface area (Å²) in [6.07, 6.45) is 0.720. The predicted octanol–water partition coefficient (Wildman–Crippen LogP) is 4.43. The second-order valence-corrected chi connectivity index (χ2v) is 6.75. The lowest BCUT2D eigenvalue weighted by atomic mass is 9.87. The first kappa shape index (κ1) is 18.3. The lowest BCUT2D eigenvalue weighted by Gasteiger charge is -2.24. The summed E-state index contributed by atoms with van der Waals surface area (Å²) in [6, 6.07) is 19.2. The summed E-state index contributed by atoms with van der Waals surface area (Å²) in [4.78, 5) is 12.7. The number of anilines is 1. The van der Waals surface area contributed by atoms with E-state index in [1.165, 1.54) is 0 Å². The van der Waals surface area contributed by atoms with Crippen molar-refractivity contribution in [1.82, 2.24) is 0 Å². The van der Waals surface area contributed by atoms with Crippen LogP contribution in [0.15, 0.2) is 72.0 Å². The van der Waals surface area contributed by atoms with Crippen molar-refractivity contribution >= 4 is 28.7 Å². The standard InChI is InChI=1S/C21H21NO3S/c23-18-11-16(14-25-13-15-7-3-1-4-8-15)12-19(24)20(18)21(26)22-17-9-5-2-6-10-17/h1-10,16,23H,11-14H2,(H,22,26). The van der Waals surface area contributed by atoms with Gasteiger partial charge in [-0.3, -0.25) is 4.79 Å². The highest BCUT2D eigenvalue weighted by molar-refractivity contribution is 7.81. The van der Waals surface area contributed by atoms with Gasteiger partial charge in [0.2, 0.25) is 0 Å². The molecular weight excluding hydrogens is 346 g/mol. The van der Waals surface area contributed by atoms with Crippen molar-refractivity contribution in [3.63, 3.8) is 0 Å². The van der Waals surface area contributed by atoms with Crippen molar-refractivity contribution < 1.29 is 14.6 Å². The summed E-state index contributed by atoms with van der Waals surface area (Å²) in [5.74, 6) is -0.132. The summed E-state index contributed by atoms with van der Waals surface area (Å²) < 4.78 is 5.71. The molecule has 26 heavy (non-hydrogen) atoms. The number of Topliss-reactive ketones (excluding diaryl/α,β-unsaturated/α-hetero) is 1. The van der Waals surface area contributed by atoms with Crippen molar-refractivity contribution in [3.05, 3.63) is 77.6 Å². The van der Waals surface area contributed by atoms with Crippen LogP contribution in [0.3, 0.4) is 0 Å². The Morgan fingerprint density at radius 1 is 1.08 bits per heavy atom. The first-order valence-corrected chi connectivity index (χ1v) is 8.97. The van der Waals surface area contributed by atoms with E-state index in [2.05, 4.69) is 5.32 Å². The predicted molar refractivity (Wildman–Crippen MR) is 106 cm³/mol. The number of ketones is 1. The van der Waals surface area contributed by atoms with Gasteiger partial charge in [-0.05, 0) is 23.6 Å². The molecule has 1 aliphatic carbocycles. The highest BCUT2D eigenvalue weighted by Gasteiger charge is 2.30. The van der Waals surface area contributed by atoms with E-state index in [1.807, 2.05) is 60.7 Å². The molecular formula is C21H21NO3S. The summed E-state index contributed by atoms with van der Waals surface area (Å²) in [5, 5.41) is 13.4. The number of hydrogen-bond donors (Lipinski definition) is 2. The molecule has 3 rings (SSSR count). The van der Waals surface area contributed by atoms with Crippen LogP contribution < -0.4 is 5.32 Å². The van der Waals surface area contributed by atoms with Crippen LogP contribution in [-0.2, 0) is 16.1 Å². The molecule has 1 atom stereocenters. The van der Waals surface area contributed by atoms with Crippen LogP contribution in [0.25, 0.3) is 0 Å². The van der Waals surface area contributed by atoms with Crippen molar-refractivity contribution in [2.75, 3.05) is 11.9 Å². The lowest BCUT2D eigenvalue weighted by Crippen LogP contribution is -2.29. The fourth-order valence-corrected chi connectivity index (χ4v) is 3.33. The average Bonchev–Trinajstić information content (AvgIpc) is 2.63. The maximum absolute atomic E-state index is 12.5. The van der Waals surface area contributed by atoms with Gasteiger partial charge in [-0.25, -0.2) is 0 Å². The zero-order valence-electron chi connectivity index (χ0n) is 14.4. The van der Waals surface area contributed by atoms with Gasteiger partial charge in [-0.2, -0.15) is 0 Å². The van der Waals surface area contributed by atoms with Gasteiger partial charge in [0.1, 0.15) is 10.7 Å². The number of para-hydroxylation sites is 1. The van der Waals surface area contributed by atoms with Crippen LogP contribution >= 0.6 is 12.2 Å². The number of carbonyl (C=O) groups is 1. The van der Waals surface area contributed by atoms with Gasteiger partial charge in [0.05, 0.1) is 18.8 Å². The maximum atomic E-state index is 12.5. The van der Waals surface area contributed by atoms with E-state index in [1.54, 1.807) is 0 Å². The molecule has 0 radical (unpaired) electrons. The monoisotopic (exact) mass is 367 g/mol. The number of aliphatic hydroxyl groups is 1. The zero-order valence-corrected chi connectivity index (χ0v) is 15.2. The van der Waals surface area contributed by atoms with Gasteiger partial charge in [-0.1, -0.05) is 60.7 Å². The van der Waals surface area contributed by atoms with Gasteiger partial charge < -0.3 is 15.2 Å². The van der Waals surface area contributed by atoms with Crippen molar-refractivity contribution in [2.24, 2.45) is 5.92 Å². The molecule has 0 aromatic heterocycles. The van der Waals surface area contributed by atoms with Crippen LogP contribution in [0, 0.1) is 5.92 Å². The highest BCUT2D eigenvalue weighted by Crippen LogP contribution is 2.27. The van der Waals surface area contributed by atoms with Crippen molar-refractivity contribution in [2.45, 2.75) is 19.4 Å². The van der Waals surface area contributed by atoms with E-state index in [0.717, 1.165) is 11.3 Å². The molecule has 1 aliphatic rings. The van der Waals surface area contributed by atoms with E-state index < -0.39 is 0 Å². The van der Waals surface area contributed by atoms with Crippen LogP contribution in [-0.4, -0.2) is 22.5 Å². The number of aliphatic hydroxyl groups excluding tert-OH is 1. The van der Waals surface area contributed by atoms with Gasteiger partial charge >= 0.3 is 0 Å². The van der Waals surface area contributed by atoms with E-state index in [4.69, 9.17) is 17.0 Å². The number of carbonyl (C=O) groups excluding carboxylic acids is 1. The molecule has 0 bridgehead atoms. The van der Waals surface area contributed by atoms with Crippen LogP contribution in [0.2, 0.25) is 0 Å². The Balaban J connectivity index is 1.57. The minimum atomic E-state index is -0.143. The fourth-order valence-electron chi connectivity index (χ4n) is 2.98. The second kappa shape index (κ2) is 8.74. The van der Waals surface area contributed by atoms with Gasteiger partial charge in [0.15, 0.2) is 5.78 Å². The SMILES string of the molecule is O=C1CC(COCc2ccccc2)CC(O)=C1C(=S)Nc1ccccc1. The molecule has 1 unspecified atom stereocenters. The van der Waals surface area contributed by atoms with Crippen LogP contribution in [0.1, 0.15) is 18.4 Å². The van der Waals surface area contributed by atoms with Crippen LogP contribution in [0.5, 0.6) is 0 Å². The normalized spacial score (nSPS) is 17.2. The summed E-state index contributed by atoms with van der Waals surface area (Å²) in [5.41, 5.74) is 2.10. The average molecular weight is 367 g/mol. The molecule has 0 amide bonds. The number of ether oxygens (including phenoxy) is 1. The molecule has 0 fully saturated rings. The summed E-state index contributed by atoms with van der Waals surface area (Å²) >= 11 is 5.32. The Labute approximate surface area is 158 Å². The van der Waals surface area contributed by atoms with Crippen molar-refractivity contribution in [3.8, 4) is 0 Å². The van der Waals surface area contributed by atoms with Crippen molar-refractivity contribution in [1.29, 1.82) is 0 Å². The van der Waals surface area contributed by atoms with E-state index >= 15 is 0 Å². The second-order valence-electron chi connectivity index (χ2n) is 6.34. The molecule has 5 heteroatoms. The van der Waals surface area contributed by atoms with E-state index in [-0.39, 0.29) is 28.0 Å². The van der Waals surface area contributed by atoms with Crippen LogP contribution in [0.4, 0.5) is 5.69 Å². The minimum absolute atomic E-state index is 0.0329. The maximum Gasteiger partial charge on any atom is 0.169 e. The molecule has 2 aromatic rings. The Hall–Kier alpha value is -2.50. The third kappa shape index (κ3) is 4.77. The third-order valence-corrected chi connectivity index (χ3v) is 4.55. The smallest absolute Gasteiger partial charge is 0.169 e. The first-order chi connectivity index (χ1) is 12.6. The van der Waals surface area contributed by atoms with E-state index in [0.29, 0.717) is 26.1 Å². The van der Waals surface area contributed by atoms with Gasteiger partial charge in [-0.15, -0.1) is 0 Å². The fraction of sp³-hybridized carbons (Fsp3) is 0.238. The minimum Gasteiger partial charge on any atom is -0.511 e. The highest BCUT2D eigenvalue weighted by atomic mass is 32.1.